The standard InChI is InChI=1S/C12H21NO3/c1-9-8-12(11(14)15,6-7-16-9)13-10-4-2-3-5-10/h9-10,13H,2-8H2,1H3,(H,14,15). The van der Waals surface area contributed by atoms with Gasteiger partial charge in [-0.05, 0) is 26.2 Å². The van der Waals surface area contributed by atoms with Crippen LogP contribution in [0.15, 0.2) is 0 Å². The third-order valence-corrected chi connectivity index (χ3v) is 3.81. The van der Waals surface area contributed by atoms with Gasteiger partial charge in [-0.1, -0.05) is 12.8 Å². The fraction of sp³-hybridized carbons (Fsp3) is 0.917. The molecule has 0 bridgehead atoms. The predicted octanol–water partition coefficient (Wildman–Crippen LogP) is 1.54. The Morgan fingerprint density at radius 1 is 1.44 bits per heavy atom. The highest BCUT2D eigenvalue weighted by atomic mass is 16.5. The molecule has 2 atom stereocenters. The molecule has 1 saturated carbocycles. The molecule has 2 unspecified atom stereocenters. The third kappa shape index (κ3) is 2.38. The summed E-state index contributed by atoms with van der Waals surface area (Å²) in [4.78, 5) is 11.5. The molecule has 0 spiro atoms. The van der Waals surface area contributed by atoms with Crippen molar-refractivity contribution in [3.63, 3.8) is 0 Å². The monoisotopic (exact) mass is 227 g/mol. The Balaban J connectivity index is 2.04. The summed E-state index contributed by atoms with van der Waals surface area (Å²) in [5.41, 5.74) is -0.743. The van der Waals surface area contributed by atoms with E-state index in [0.29, 0.717) is 25.5 Å². The Labute approximate surface area is 96.4 Å². The van der Waals surface area contributed by atoms with Crippen LogP contribution in [0, 0.1) is 0 Å². The predicted molar refractivity (Wildman–Crippen MR) is 60.4 cm³/mol. The summed E-state index contributed by atoms with van der Waals surface area (Å²) in [6.07, 6.45) is 5.88. The Hall–Kier alpha value is -0.610. The van der Waals surface area contributed by atoms with Gasteiger partial charge >= 0.3 is 5.97 Å². The number of carboxylic acids is 1. The number of carboxylic acid groups (broad SMARTS) is 1. The van der Waals surface area contributed by atoms with Crippen LogP contribution in [-0.4, -0.2) is 35.4 Å². The lowest BCUT2D eigenvalue weighted by Gasteiger charge is -2.39. The minimum absolute atomic E-state index is 0.0405. The van der Waals surface area contributed by atoms with Gasteiger partial charge in [-0.2, -0.15) is 0 Å². The highest BCUT2D eigenvalue weighted by Crippen LogP contribution is 2.29. The zero-order chi connectivity index (χ0) is 11.6. The Kier molecular flexibility index (Phi) is 3.50. The molecule has 0 aromatic rings. The van der Waals surface area contributed by atoms with E-state index in [1.54, 1.807) is 0 Å². The number of carbonyl (C=O) groups is 1. The molecule has 2 fully saturated rings. The lowest BCUT2D eigenvalue weighted by atomic mass is 9.86. The topological polar surface area (TPSA) is 58.6 Å². The van der Waals surface area contributed by atoms with E-state index in [-0.39, 0.29) is 6.10 Å². The van der Waals surface area contributed by atoms with E-state index in [4.69, 9.17) is 4.74 Å². The van der Waals surface area contributed by atoms with Crippen molar-refractivity contribution in [3.8, 4) is 0 Å². The third-order valence-electron chi connectivity index (χ3n) is 3.81. The maximum Gasteiger partial charge on any atom is 0.324 e. The summed E-state index contributed by atoms with van der Waals surface area (Å²) in [6, 6.07) is 0.390. The highest BCUT2D eigenvalue weighted by molar-refractivity contribution is 5.79. The van der Waals surface area contributed by atoms with E-state index in [2.05, 4.69) is 5.32 Å². The van der Waals surface area contributed by atoms with Crippen molar-refractivity contribution in [2.75, 3.05) is 6.61 Å². The van der Waals surface area contributed by atoms with Crippen LogP contribution in [0.1, 0.15) is 45.4 Å². The SMILES string of the molecule is CC1CC(NC2CCCC2)(C(=O)O)CCO1. The van der Waals surface area contributed by atoms with Gasteiger partial charge < -0.3 is 9.84 Å². The Morgan fingerprint density at radius 3 is 2.69 bits per heavy atom. The maximum atomic E-state index is 11.5. The summed E-state index contributed by atoms with van der Waals surface area (Å²) < 4.78 is 5.44. The van der Waals surface area contributed by atoms with Gasteiger partial charge in [-0.25, -0.2) is 0 Å². The zero-order valence-electron chi connectivity index (χ0n) is 9.87. The quantitative estimate of drug-likeness (QED) is 0.768. The first kappa shape index (κ1) is 11.9. The Morgan fingerprint density at radius 2 is 2.12 bits per heavy atom. The average Bonchev–Trinajstić information content (AvgIpc) is 2.70. The van der Waals surface area contributed by atoms with Crippen LogP contribution in [0.25, 0.3) is 0 Å². The summed E-state index contributed by atoms with van der Waals surface area (Å²) in [5.74, 6) is -0.713. The first-order valence-corrected chi connectivity index (χ1v) is 6.25. The highest BCUT2D eigenvalue weighted by Gasteiger charge is 2.43. The van der Waals surface area contributed by atoms with Gasteiger partial charge in [0, 0.05) is 19.1 Å². The molecule has 2 rings (SSSR count). The van der Waals surface area contributed by atoms with Crippen molar-refractivity contribution < 1.29 is 14.6 Å². The van der Waals surface area contributed by atoms with Crippen molar-refractivity contribution in [2.24, 2.45) is 0 Å². The summed E-state index contributed by atoms with van der Waals surface area (Å²) in [7, 11) is 0. The second kappa shape index (κ2) is 4.72. The fourth-order valence-corrected chi connectivity index (χ4v) is 2.93. The number of hydrogen-bond donors (Lipinski definition) is 2. The molecular formula is C12H21NO3. The van der Waals surface area contributed by atoms with Crippen LogP contribution in [0.2, 0.25) is 0 Å². The van der Waals surface area contributed by atoms with Crippen molar-refractivity contribution in [3.05, 3.63) is 0 Å². The molecule has 0 aromatic heterocycles. The van der Waals surface area contributed by atoms with Crippen molar-refractivity contribution in [2.45, 2.75) is 63.1 Å². The number of nitrogens with one attached hydrogen (secondary N) is 1. The Bertz CT molecular complexity index is 263. The van der Waals surface area contributed by atoms with Gasteiger partial charge in [0.15, 0.2) is 0 Å². The largest absolute Gasteiger partial charge is 0.480 e. The lowest BCUT2D eigenvalue weighted by Crippen LogP contribution is -2.59. The van der Waals surface area contributed by atoms with Crippen molar-refractivity contribution >= 4 is 5.97 Å². The van der Waals surface area contributed by atoms with E-state index in [0.717, 1.165) is 12.8 Å². The minimum Gasteiger partial charge on any atom is -0.480 e. The molecule has 1 heterocycles. The summed E-state index contributed by atoms with van der Waals surface area (Å²) in [6.45, 7) is 2.50. The second-order valence-electron chi connectivity index (χ2n) is 5.15. The van der Waals surface area contributed by atoms with Crippen molar-refractivity contribution in [1.29, 1.82) is 0 Å². The van der Waals surface area contributed by atoms with Crippen LogP contribution in [0.5, 0.6) is 0 Å². The molecule has 2 N–H and O–H groups in total. The van der Waals surface area contributed by atoms with E-state index in [9.17, 15) is 9.90 Å². The van der Waals surface area contributed by atoms with Gasteiger partial charge in [-0.3, -0.25) is 10.1 Å². The minimum atomic E-state index is -0.743. The molecule has 1 aliphatic carbocycles. The number of ether oxygens (including phenoxy) is 1. The van der Waals surface area contributed by atoms with E-state index in [1.807, 2.05) is 6.92 Å². The van der Waals surface area contributed by atoms with E-state index >= 15 is 0 Å². The first-order chi connectivity index (χ1) is 7.62. The van der Waals surface area contributed by atoms with Gasteiger partial charge in [0.05, 0.1) is 6.10 Å². The van der Waals surface area contributed by atoms with Gasteiger partial charge in [-0.15, -0.1) is 0 Å². The molecule has 1 aliphatic heterocycles. The molecule has 0 radical (unpaired) electrons. The van der Waals surface area contributed by atoms with Crippen LogP contribution >= 0.6 is 0 Å². The van der Waals surface area contributed by atoms with E-state index in [1.165, 1.54) is 12.8 Å². The van der Waals surface area contributed by atoms with Crippen LogP contribution in [0.4, 0.5) is 0 Å². The molecule has 4 nitrogen and oxygen atoms in total. The molecule has 0 amide bonds. The number of aliphatic carboxylic acids is 1. The average molecular weight is 227 g/mol. The molecule has 2 aliphatic rings. The maximum absolute atomic E-state index is 11.5. The van der Waals surface area contributed by atoms with Crippen molar-refractivity contribution in [1.82, 2.24) is 5.32 Å². The summed E-state index contributed by atoms with van der Waals surface area (Å²) >= 11 is 0. The molecule has 4 heteroatoms. The zero-order valence-corrected chi connectivity index (χ0v) is 9.87. The van der Waals surface area contributed by atoms with Gasteiger partial charge in [0.1, 0.15) is 5.54 Å². The van der Waals surface area contributed by atoms with E-state index < -0.39 is 11.5 Å². The smallest absolute Gasteiger partial charge is 0.324 e. The fourth-order valence-electron chi connectivity index (χ4n) is 2.93. The van der Waals surface area contributed by atoms with Crippen LogP contribution in [-0.2, 0) is 9.53 Å². The molecular weight excluding hydrogens is 206 g/mol. The normalized spacial score (nSPS) is 36.4. The number of hydrogen-bond acceptors (Lipinski definition) is 3. The van der Waals surface area contributed by atoms with Gasteiger partial charge in [0.25, 0.3) is 0 Å². The molecule has 92 valence electrons. The number of rotatable bonds is 3. The van der Waals surface area contributed by atoms with Crippen LogP contribution in [0.3, 0.4) is 0 Å². The lowest BCUT2D eigenvalue weighted by molar-refractivity contribution is -0.152. The molecule has 0 aromatic carbocycles. The van der Waals surface area contributed by atoms with Gasteiger partial charge in [0.2, 0.25) is 0 Å². The second-order valence-corrected chi connectivity index (χ2v) is 5.15. The molecule has 16 heavy (non-hydrogen) atoms. The first-order valence-electron chi connectivity index (χ1n) is 6.25. The van der Waals surface area contributed by atoms with Crippen LogP contribution < -0.4 is 5.32 Å². The summed E-state index contributed by atoms with van der Waals surface area (Å²) in [5, 5.41) is 12.8. The molecule has 1 saturated heterocycles.